The number of Topliss-reactive ketones (excluding diaryl/α,β-unsaturated/α-hetero) is 2. The average molecular weight is 142 g/mol. The Morgan fingerprint density at radius 3 is 1.70 bits per heavy atom. The maximum Gasteiger partial charge on any atom is 0.203 e. The van der Waals surface area contributed by atoms with E-state index in [-0.39, 0.29) is 11.6 Å². The van der Waals surface area contributed by atoms with Crippen molar-refractivity contribution in [2.75, 3.05) is 0 Å². The van der Waals surface area contributed by atoms with E-state index in [1.165, 1.54) is 0 Å². The fourth-order valence-electron chi connectivity index (χ4n) is 0.579. The lowest BCUT2D eigenvalue weighted by Gasteiger charge is -2.13. The topological polar surface area (TPSA) is 34.1 Å². The normalized spacial score (nSPS) is 11.2. The van der Waals surface area contributed by atoms with Gasteiger partial charge in [-0.3, -0.25) is 9.59 Å². The molecule has 0 rings (SSSR count). The van der Waals surface area contributed by atoms with Gasteiger partial charge < -0.3 is 0 Å². The molecule has 0 aliphatic heterocycles. The molecule has 2 heteroatoms. The van der Waals surface area contributed by atoms with Crippen LogP contribution in [0.1, 0.15) is 34.1 Å². The second-order valence-electron chi connectivity index (χ2n) is 3.36. The summed E-state index contributed by atoms with van der Waals surface area (Å²) in [5.41, 5.74) is -0.507. The van der Waals surface area contributed by atoms with E-state index in [0.717, 1.165) is 0 Å². The highest BCUT2D eigenvalue weighted by atomic mass is 16.2. The molecule has 0 aliphatic rings. The molecule has 0 spiro atoms. The molecule has 0 aliphatic carbocycles. The molecule has 0 aromatic heterocycles. The molecule has 0 atom stereocenters. The first-order chi connectivity index (χ1) is 4.39. The lowest BCUT2D eigenvalue weighted by Crippen LogP contribution is -2.27. The smallest absolute Gasteiger partial charge is 0.203 e. The Labute approximate surface area is 61.6 Å². The van der Waals surface area contributed by atoms with Crippen LogP contribution in [0.5, 0.6) is 0 Å². The van der Waals surface area contributed by atoms with Gasteiger partial charge in [0, 0.05) is 11.8 Å². The summed E-state index contributed by atoms with van der Waals surface area (Å²) in [5.74, 6) is -0.539. The van der Waals surface area contributed by atoms with Gasteiger partial charge in [-0.25, -0.2) is 0 Å². The predicted octanol–water partition coefficient (Wildman–Crippen LogP) is 1.58. The Morgan fingerprint density at radius 1 is 1.20 bits per heavy atom. The highest BCUT2D eigenvalue weighted by Crippen LogP contribution is 2.15. The zero-order chi connectivity index (χ0) is 8.36. The van der Waals surface area contributed by atoms with Crippen LogP contribution in [0, 0.1) is 5.41 Å². The van der Waals surface area contributed by atoms with Crippen molar-refractivity contribution in [1.82, 2.24) is 0 Å². The Morgan fingerprint density at radius 2 is 1.60 bits per heavy atom. The molecule has 58 valence electrons. The highest BCUT2D eigenvalue weighted by molar-refractivity contribution is 6.38. The van der Waals surface area contributed by atoms with Gasteiger partial charge in [0.25, 0.3) is 0 Å². The molecular weight excluding hydrogens is 128 g/mol. The van der Waals surface area contributed by atoms with Gasteiger partial charge in [-0.05, 0) is 0 Å². The van der Waals surface area contributed by atoms with Crippen LogP contribution in [0.2, 0.25) is 0 Å². The third-order valence-electron chi connectivity index (χ3n) is 1.26. The molecule has 0 bridgehead atoms. The summed E-state index contributed by atoms with van der Waals surface area (Å²) in [6.45, 7) is 6.96. The van der Waals surface area contributed by atoms with Crippen molar-refractivity contribution in [3.05, 3.63) is 0 Å². The maximum atomic E-state index is 11.0. The molecule has 0 radical (unpaired) electrons. The standard InChI is InChI=1S/C8H14O2/c1-5-6(9)7(10)8(2,3)4/h5H2,1-4H3. The summed E-state index contributed by atoms with van der Waals surface area (Å²) in [6.07, 6.45) is 0.316. The summed E-state index contributed by atoms with van der Waals surface area (Å²) in [5, 5.41) is 0. The molecule has 0 unspecified atom stereocenters. The second kappa shape index (κ2) is 2.95. The van der Waals surface area contributed by atoms with E-state index >= 15 is 0 Å². The molecule has 0 saturated carbocycles. The molecule has 0 aromatic carbocycles. The average Bonchev–Trinajstić information content (AvgIpc) is 1.83. The first-order valence-electron chi connectivity index (χ1n) is 3.47. The zero-order valence-electron chi connectivity index (χ0n) is 7.02. The Balaban J connectivity index is 4.24. The minimum atomic E-state index is -0.507. The molecular formula is C8H14O2. The summed E-state index contributed by atoms with van der Waals surface area (Å²) in [7, 11) is 0. The highest BCUT2D eigenvalue weighted by Gasteiger charge is 2.26. The fourth-order valence-corrected chi connectivity index (χ4v) is 0.579. The van der Waals surface area contributed by atoms with Crippen molar-refractivity contribution < 1.29 is 9.59 Å². The molecule has 0 amide bonds. The van der Waals surface area contributed by atoms with E-state index in [1.807, 2.05) is 0 Å². The van der Waals surface area contributed by atoms with Crippen LogP contribution >= 0.6 is 0 Å². The van der Waals surface area contributed by atoms with Gasteiger partial charge >= 0.3 is 0 Å². The Bertz CT molecular complexity index is 151. The summed E-state index contributed by atoms with van der Waals surface area (Å²) in [6, 6.07) is 0. The second-order valence-corrected chi connectivity index (χ2v) is 3.36. The third-order valence-corrected chi connectivity index (χ3v) is 1.26. The van der Waals surface area contributed by atoms with Gasteiger partial charge in [0.2, 0.25) is 5.78 Å². The van der Waals surface area contributed by atoms with E-state index in [9.17, 15) is 9.59 Å². The van der Waals surface area contributed by atoms with E-state index in [2.05, 4.69) is 0 Å². The Hall–Kier alpha value is -0.660. The number of rotatable bonds is 2. The van der Waals surface area contributed by atoms with Gasteiger partial charge in [0.15, 0.2) is 5.78 Å². The first kappa shape index (κ1) is 9.34. The monoisotopic (exact) mass is 142 g/mol. The van der Waals surface area contributed by atoms with Crippen LogP contribution < -0.4 is 0 Å². The largest absolute Gasteiger partial charge is 0.291 e. The SMILES string of the molecule is CCC(=O)C(=O)C(C)(C)C. The van der Waals surface area contributed by atoms with E-state index in [4.69, 9.17) is 0 Å². The minimum Gasteiger partial charge on any atom is -0.291 e. The van der Waals surface area contributed by atoms with Gasteiger partial charge in [-0.1, -0.05) is 27.7 Å². The van der Waals surface area contributed by atoms with Crippen LogP contribution in [0.15, 0.2) is 0 Å². The van der Waals surface area contributed by atoms with Crippen molar-refractivity contribution >= 4 is 11.6 Å². The number of hydrogen-bond donors (Lipinski definition) is 0. The van der Waals surface area contributed by atoms with E-state index in [0.29, 0.717) is 6.42 Å². The molecule has 0 fully saturated rings. The van der Waals surface area contributed by atoms with Gasteiger partial charge in [-0.2, -0.15) is 0 Å². The van der Waals surface area contributed by atoms with E-state index < -0.39 is 5.41 Å². The molecule has 0 saturated heterocycles. The Kier molecular flexibility index (Phi) is 2.76. The van der Waals surface area contributed by atoms with Crippen molar-refractivity contribution in [2.45, 2.75) is 34.1 Å². The molecule has 0 N–H and O–H groups in total. The fraction of sp³-hybridized carbons (Fsp3) is 0.750. The van der Waals surface area contributed by atoms with Crippen molar-refractivity contribution in [3.8, 4) is 0 Å². The molecule has 2 nitrogen and oxygen atoms in total. The van der Waals surface area contributed by atoms with Gasteiger partial charge in [0.1, 0.15) is 0 Å². The number of carbonyl (C=O) groups excluding carboxylic acids is 2. The number of ketones is 2. The number of carbonyl (C=O) groups is 2. The molecule has 0 aromatic rings. The summed E-state index contributed by atoms with van der Waals surface area (Å²) in [4.78, 5) is 21.9. The molecule has 0 heterocycles. The quantitative estimate of drug-likeness (QED) is 0.548. The third kappa shape index (κ3) is 2.29. The van der Waals surface area contributed by atoms with Crippen LogP contribution in [0.4, 0.5) is 0 Å². The van der Waals surface area contributed by atoms with Crippen molar-refractivity contribution in [2.24, 2.45) is 5.41 Å². The first-order valence-corrected chi connectivity index (χ1v) is 3.47. The van der Waals surface area contributed by atoms with Gasteiger partial charge in [-0.15, -0.1) is 0 Å². The van der Waals surface area contributed by atoms with Gasteiger partial charge in [0.05, 0.1) is 0 Å². The van der Waals surface area contributed by atoms with Crippen LogP contribution in [-0.2, 0) is 9.59 Å². The maximum absolute atomic E-state index is 11.0. The summed E-state index contributed by atoms with van der Waals surface area (Å²) < 4.78 is 0. The lowest BCUT2D eigenvalue weighted by atomic mass is 9.88. The lowest BCUT2D eigenvalue weighted by molar-refractivity contribution is -0.141. The zero-order valence-corrected chi connectivity index (χ0v) is 7.02. The summed E-state index contributed by atoms with van der Waals surface area (Å²) >= 11 is 0. The van der Waals surface area contributed by atoms with E-state index in [1.54, 1.807) is 27.7 Å². The number of hydrogen-bond acceptors (Lipinski definition) is 2. The van der Waals surface area contributed by atoms with Crippen molar-refractivity contribution in [1.29, 1.82) is 0 Å². The van der Waals surface area contributed by atoms with Crippen LogP contribution in [0.25, 0.3) is 0 Å². The predicted molar refractivity (Wildman–Crippen MR) is 39.8 cm³/mol. The van der Waals surface area contributed by atoms with Crippen LogP contribution in [0.3, 0.4) is 0 Å². The van der Waals surface area contributed by atoms with Crippen molar-refractivity contribution in [3.63, 3.8) is 0 Å². The molecule has 10 heavy (non-hydrogen) atoms. The van der Waals surface area contributed by atoms with Crippen LogP contribution in [-0.4, -0.2) is 11.6 Å². The minimum absolute atomic E-state index is 0.269.